The number of nitrogens with one attached hydrogen (secondary N) is 2. The molecule has 3 aromatic rings. The smallest absolute Gasteiger partial charge is 0.231 e. The zero-order valence-corrected chi connectivity index (χ0v) is 16.0. The second-order valence-electron chi connectivity index (χ2n) is 6.13. The third kappa shape index (κ3) is 5.10. The summed E-state index contributed by atoms with van der Waals surface area (Å²) in [5.74, 6) is 0.656. The summed E-state index contributed by atoms with van der Waals surface area (Å²) in [6.07, 6.45) is 0.483. The van der Waals surface area contributed by atoms with Crippen LogP contribution >= 0.6 is 11.8 Å². The number of carbonyl (C=O) groups excluding carboxylic acids is 2. The molecule has 3 rings (SSSR count). The Morgan fingerprint density at radius 1 is 1.22 bits per heavy atom. The van der Waals surface area contributed by atoms with Crippen LogP contribution in [0.4, 0.5) is 0 Å². The second-order valence-corrected chi connectivity index (χ2v) is 7.10. The molecule has 0 saturated heterocycles. The molecule has 0 saturated carbocycles. The summed E-state index contributed by atoms with van der Waals surface area (Å²) in [5.41, 5.74) is 2.67. The van der Waals surface area contributed by atoms with Crippen LogP contribution < -0.4 is 10.1 Å². The lowest BCUT2D eigenvalue weighted by Gasteiger charge is -2.15. The monoisotopic (exact) mass is 383 g/mol. The van der Waals surface area contributed by atoms with Crippen LogP contribution in [0.3, 0.4) is 0 Å². The highest BCUT2D eigenvalue weighted by molar-refractivity contribution is 7.99. The Balaban J connectivity index is 1.58. The van der Waals surface area contributed by atoms with E-state index < -0.39 is 6.04 Å². The minimum absolute atomic E-state index is 0.0620. The molecule has 1 atom stereocenters. The summed E-state index contributed by atoms with van der Waals surface area (Å²) in [5, 5.41) is 3.47. The van der Waals surface area contributed by atoms with Crippen LogP contribution in [0.1, 0.15) is 12.5 Å². The number of thioether (sulfide) groups is 1. The molecule has 2 aromatic carbocycles. The molecule has 1 aromatic heterocycles. The maximum Gasteiger partial charge on any atom is 0.231 e. The van der Waals surface area contributed by atoms with E-state index in [1.54, 1.807) is 7.11 Å². The normalized spacial score (nSPS) is 11.9. The van der Waals surface area contributed by atoms with E-state index in [-0.39, 0.29) is 17.4 Å². The first-order valence-corrected chi connectivity index (χ1v) is 9.54. The number of ketones is 1. The minimum Gasteiger partial charge on any atom is -0.497 e. The van der Waals surface area contributed by atoms with Crippen molar-refractivity contribution in [2.75, 3.05) is 12.9 Å². The van der Waals surface area contributed by atoms with Gasteiger partial charge < -0.3 is 15.0 Å². The van der Waals surface area contributed by atoms with E-state index in [0.29, 0.717) is 11.6 Å². The third-order valence-corrected chi connectivity index (χ3v) is 4.99. The molecular formula is C20H21N3O3S. The van der Waals surface area contributed by atoms with Gasteiger partial charge in [-0.05, 0) is 31.0 Å². The van der Waals surface area contributed by atoms with Gasteiger partial charge in [0.15, 0.2) is 10.9 Å². The summed E-state index contributed by atoms with van der Waals surface area (Å²) in [7, 11) is 1.61. The fraction of sp³-hybridized carbons (Fsp3) is 0.250. The van der Waals surface area contributed by atoms with Gasteiger partial charge >= 0.3 is 0 Å². The lowest BCUT2D eigenvalue weighted by Crippen LogP contribution is -2.42. The minimum atomic E-state index is -0.527. The number of rotatable bonds is 8. The molecule has 0 bridgehead atoms. The molecule has 0 aliphatic rings. The Morgan fingerprint density at radius 3 is 2.70 bits per heavy atom. The number of aromatic nitrogens is 2. The number of amides is 1. The van der Waals surface area contributed by atoms with Gasteiger partial charge in [-0.2, -0.15) is 0 Å². The lowest BCUT2D eigenvalue weighted by atomic mass is 10.0. The van der Waals surface area contributed by atoms with Crippen LogP contribution in [0.25, 0.3) is 11.0 Å². The zero-order chi connectivity index (χ0) is 19.2. The van der Waals surface area contributed by atoms with Crippen LogP contribution in [0.15, 0.2) is 53.7 Å². The molecule has 0 aliphatic carbocycles. The van der Waals surface area contributed by atoms with Gasteiger partial charge in [-0.25, -0.2) is 4.98 Å². The summed E-state index contributed by atoms with van der Waals surface area (Å²) < 4.78 is 5.19. The second kappa shape index (κ2) is 8.73. The Bertz CT molecular complexity index is 940. The molecule has 0 fully saturated rings. The maximum absolute atomic E-state index is 12.3. The van der Waals surface area contributed by atoms with Crippen molar-refractivity contribution in [3.63, 3.8) is 0 Å². The van der Waals surface area contributed by atoms with Crippen LogP contribution in [-0.2, 0) is 16.0 Å². The number of methoxy groups -OCH3 is 1. The molecule has 0 aliphatic heterocycles. The van der Waals surface area contributed by atoms with Crippen LogP contribution in [0.2, 0.25) is 0 Å². The summed E-state index contributed by atoms with van der Waals surface area (Å²) in [6, 6.07) is 14.7. The van der Waals surface area contributed by atoms with Crippen LogP contribution in [0, 0.1) is 0 Å². The van der Waals surface area contributed by atoms with Crippen LogP contribution in [0.5, 0.6) is 5.75 Å². The Kier molecular flexibility index (Phi) is 6.13. The number of nitrogens with zero attached hydrogens (tertiary/aromatic N) is 1. The number of benzene rings is 2. The first kappa shape index (κ1) is 19.0. The van der Waals surface area contributed by atoms with Crippen molar-refractivity contribution in [3.05, 3.63) is 54.1 Å². The van der Waals surface area contributed by atoms with Crippen molar-refractivity contribution in [1.29, 1.82) is 0 Å². The standard InChI is InChI=1S/C20H21N3O3S/c1-13(24)17(10-14-6-4-3-5-7-14)21-19(25)12-27-20-22-16-9-8-15(26-2)11-18(16)23-20/h3-9,11,17H,10,12H2,1-2H3,(H,21,25)(H,22,23)/t17-/m0/s1. The largest absolute Gasteiger partial charge is 0.497 e. The van der Waals surface area contributed by atoms with Gasteiger partial charge in [-0.3, -0.25) is 9.59 Å². The molecule has 2 N–H and O–H groups in total. The Labute approximate surface area is 161 Å². The van der Waals surface area contributed by atoms with Gasteiger partial charge in [0.1, 0.15) is 5.75 Å². The molecule has 0 unspecified atom stereocenters. The van der Waals surface area contributed by atoms with Crippen molar-refractivity contribution in [2.45, 2.75) is 24.5 Å². The van der Waals surface area contributed by atoms with E-state index in [9.17, 15) is 9.59 Å². The first-order valence-electron chi connectivity index (χ1n) is 8.55. The highest BCUT2D eigenvalue weighted by atomic mass is 32.2. The molecule has 0 spiro atoms. The van der Waals surface area contributed by atoms with E-state index in [1.807, 2.05) is 48.5 Å². The number of fused-ring (bicyclic) bond motifs is 1. The number of imidazole rings is 1. The molecule has 0 radical (unpaired) electrons. The van der Waals surface area contributed by atoms with Gasteiger partial charge in [0, 0.05) is 6.07 Å². The first-order chi connectivity index (χ1) is 13.0. The number of aromatic amines is 1. The molecule has 1 amide bonds. The van der Waals surface area contributed by atoms with Gasteiger partial charge in [-0.15, -0.1) is 0 Å². The number of Topliss-reactive ketones (excluding diaryl/α,β-unsaturated/α-hetero) is 1. The summed E-state index contributed by atoms with van der Waals surface area (Å²) >= 11 is 1.30. The van der Waals surface area contributed by atoms with E-state index >= 15 is 0 Å². The molecule has 27 heavy (non-hydrogen) atoms. The van der Waals surface area contributed by atoms with Gasteiger partial charge in [-0.1, -0.05) is 42.1 Å². The predicted molar refractivity (Wildman–Crippen MR) is 106 cm³/mol. The molecular weight excluding hydrogens is 362 g/mol. The van der Waals surface area contributed by atoms with E-state index in [1.165, 1.54) is 18.7 Å². The number of ether oxygens (including phenoxy) is 1. The number of carbonyl (C=O) groups is 2. The summed E-state index contributed by atoms with van der Waals surface area (Å²) in [6.45, 7) is 1.49. The van der Waals surface area contributed by atoms with Crippen molar-refractivity contribution in [1.82, 2.24) is 15.3 Å². The van der Waals surface area contributed by atoms with E-state index in [0.717, 1.165) is 22.3 Å². The highest BCUT2D eigenvalue weighted by Crippen LogP contribution is 2.23. The molecule has 6 nitrogen and oxygen atoms in total. The maximum atomic E-state index is 12.3. The molecule has 7 heteroatoms. The van der Waals surface area contributed by atoms with Crippen molar-refractivity contribution in [3.8, 4) is 5.75 Å². The zero-order valence-electron chi connectivity index (χ0n) is 15.2. The van der Waals surface area contributed by atoms with Gasteiger partial charge in [0.05, 0.1) is 29.9 Å². The lowest BCUT2D eigenvalue weighted by molar-refractivity contribution is -0.125. The van der Waals surface area contributed by atoms with Crippen molar-refractivity contribution >= 4 is 34.5 Å². The fourth-order valence-electron chi connectivity index (χ4n) is 2.68. The number of hydrogen-bond acceptors (Lipinski definition) is 5. The van der Waals surface area contributed by atoms with E-state index in [2.05, 4.69) is 15.3 Å². The quantitative estimate of drug-likeness (QED) is 0.584. The fourth-order valence-corrected chi connectivity index (χ4v) is 3.37. The topological polar surface area (TPSA) is 84.1 Å². The molecule has 140 valence electrons. The highest BCUT2D eigenvalue weighted by Gasteiger charge is 2.18. The van der Waals surface area contributed by atoms with Crippen LogP contribution in [-0.4, -0.2) is 40.6 Å². The molecule has 1 heterocycles. The van der Waals surface area contributed by atoms with Gasteiger partial charge in [0.25, 0.3) is 0 Å². The average Bonchev–Trinajstić information content (AvgIpc) is 3.08. The van der Waals surface area contributed by atoms with Gasteiger partial charge in [0.2, 0.25) is 5.91 Å². The SMILES string of the molecule is COc1ccc2nc(SCC(=O)N[C@@H](Cc3ccccc3)C(C)=O)[nH]c2c1. The van der Waals surface area contributed by atoms with Crippen molar-refractivity contribution < 1.29 is 14.3 Å². The Hall–Kier alpha value is -2.80. The number of hydrogen-bond donors (Lipinski definition) is 2. The number of H-pyrrole nitrogens is 1. The Morgan fingerprint density at radius 2 is 2.00 bits per heavy atom. The third-order valence-electron chi connectivity index (χ3n) is 4.12. The predicted octanol–water partition coefficient (Wildman–Crippen LogP) is 2.98. The summed E-state index contributed by atoms with van der Waals surface area (Å²) in [4.78, 5) is 31.8. The van der Waals surface area contributed by atoms with E-state index in [4.69, 9.17) is 4.74 Å². The van der Waals surface area contributed by atoms with Crippen molar-refractivity contribution in [2.24, 2.45) is 0 Å². The average molecular weight is 383 g/mol.